The molecule has 27 heavy (non-hydrogen) atoms. The van der Waals surface area contributed by atoms with Crippen LogP contribution in [0.3, 0.4) is 0 Å². The van der Waals surface area contributed by atoms with Gasteiger partial charge in [0.2, 0.25) is 15.9 Å². The van der Waals surface area contributed by atoms with E-state index < -0.39 is 15.9 Å². The predicted molar refractivity (Wildman–Crippen MR) is 102 cm³/mol. The number of hydrogen-bond acceptors (Lipinski definition) is 5. The highest BCUT2D eigenvalue weighted by atomic mass is 32.2. The third-order valence-corrected chi connectivity index (χ3v) is 4.96. The molecule has 8 heteroatoms. The second-order valence-corrected chi connectivity index (χ2v) is 7.73. The Hall–Kier alpha value is -2.71. The maximum atomic E-state index is 12.4. The second-order valence-electron chi connectivity index (χ2n) is 6.20. The quantitative estimate of drug-likeness (QED) is 0.705. The number of hydrogen-bond donors (Lipinski definition) is 2. The highest BCUT2D eigenvalue weighted by Crippen LogP contribution is 2.26. The number of carbonyl (C=O) groups is 2. The molecule has 0 aliphatic rings. The first-order valence-corrected chi connectivity index (χ1v) is 9.77. The Kier molecular flexibility index (Phi) is 6.35. The summed E-state index contributed by atoms with van der Waals surface area (Å²) in [6.07, 6.45) is 0.0251. The van der Waals surface area contributed by atoms with Gasteiger partial charge in [-0.3, -0.25) is 9.59 Å². The third-order valence-electron chi connectivity index (χ3n) is 4.03. The van der Waals surface area contributed by atoms with Crippen LogP contribution in [0.15, 0.2) is 41.3 Å². The van der Waals surface area contributed by atoms with Crippen molar-refractivity contribution in [3.05, 3.63) is 53.1 Å². The Morgan fingerprint density at radius 2 is 1.78 bits per heavy atom. The van der Waals surface area contributed by atoms with Crippen molar-refractivity contribution in [1.82, 2.24) is 0 Å². The van der Waals surface area contributed by atoms with Crippen LogP contribution in [-0.4, -0.2) is 27.2 Å². The number of Topliss-reactive ketones (excluding diaryl/α,β-unsaturated/α-hetero) is 1. The van der Waals surface area contributed by atoms with Crippen LogP contribution in [0.1, 0.15) is 34.3 Å². The van der Waals surface area contributed by atoms with Gasteiger partial charge >= 0.3 is 0 Å². The zero-order chi connectivity index (χ0) is 20.2. The van der Waals surface area contributed by atoms with E-state index in [-0.39, 0.29) is 35.0 Å². The van der Waals surface area contributed by atoms with Crippen LogP contribution in [-0.2, 0) is 14.8 Å². The molecule has 0 aliphatic carbocycles. The van der Waals surface area contributed by atoms with Crippen molar-refractivity contribution in [1.29, 1.82) is 0 Å². The molecule has 0 unspecified atom stereocenters. The first kappa shape index (κ1) is 20.6. The summed E-state index contributed by atoms with van der Waals surface area (Å²) >= 11 is 0. The zero-order valence-electron chi connectivity index (χ0n) is 15.4. The first-order chi connectivity index (χ1) is 12.6. The van der Waals surface area contributed by atoms with E-state index >= 15 is 0 Å². The van der Waals surface area contributed by atoms with Crippen LogP contribution >= 0.6 is 0 Å². The minimum absolute atomic E-state index is 0.0248. The lowest BCUT2D eigenvalue weighted by molar-refractivity contribution is -0.116. The fourth-order valence-corrected chi connectivity index (χ4v) is 3.32. The average molecular weight is 390 g/mol. The molecule has 0 radical (unpaired) electrons. The Morgan fingerprint density at radius 1 is 1.07 bits per heavy atom. The van der Waals surface area contributed by atoms with E-state index in [0.717, 1.165) is 11.1 Å². The largest absolute Gasteiger partial charge is 0.495 e. The van der Waals surface area contributed by atoms with Gasteiger partial charge in [-0.05, 0) is 43.7 Å². The van der Waals surface area contributed by atoms with Crippen LogP contribution in [0, 0.1) is 13.8 Å². The summed E-state index contributed by atoms with van der Waals surface area (Å²) in [5, 5.41) is 7.73. The third kappa shape index (κ3) is 5.38. The van der Waals surface area contributed by atoms with Crippen molar-refractivity contribution in [3.63, 3.8) is 0 Å². The summed E-state index contributed by atoms with van der Waals surface area (Å²) in [5.74, 6) is -0.439. The Labute approximate surface area is 158 Å². The molecular formula is C19H22N2O5S. The van der Waals surface area contributed by atoms with E-state index in [0.29, 0.717) is 5.56 Å². The van der Waals surface area contributed by atoms with Crippen molar-refractivity contribution < 1.29 is 22.7 Å². The minimum Gasteiger partial charge on any atom is -0.495 e. The van der Waals surface area contributed by atoms with Gasteiger partial charge in [0, 0.05) is 24.1 Å². The zero-order valence-corrected chi connectivity index (χ0v) is 16.2. The maximum absolute atomic E-state index is 12.4. The lowest BCUT2D eigenvalue weighted by Crippen LogP contribution is -2.16. The van der Waals surface area contributed by atoms with Gasteiger partial charge in [0.05, 0.1) is 7.11 Å². The molecule has 0 aromatic heterocycles. The number of amides is 1. The van der Waals surface area contributed by atoms with Gasteiger partial charge in [-0.2, -0.15) is 0 Å². The molecular weight excluding hydrogens is 368 g/mol. The van der Waals surface area contributed by atoms with Crippen LogP contribution in [0.5, 0.6) is 5.75 Å². The predicted octanol–water partition coefficient (Wildman–Crippen LogP) is 2.56. The number of carbonyl (C=O) groups excluding carboxylic acids is 2. The van der Waals surface area contributed by atoms with Crippen molar-refractivity contribution in [2.45, 2.75) is 31.6 Å². The van der Waals surface area contributed by atoms with Crippen LogP contribution in [0.4, 0.5) is 5.69 Å². The van der Waals surface area contributed by atoms with Gasteiger partial charge in [-0.25, -0.2) is 13.6 Å². The van der Waals surface area contributed by atoms with Gasteiger partial charge < -0.3 is 10.1 Å². The summed E-state index contributed by atoms with van der Waals surface area (Å²) in [7, 11) is -2.68. The SMILES string of the molecule is COc1ccc(NC(=O)CCC(=O)c2cc(C)ccc2C)cc1S(N)(=O)=O. The van der Waals surface area contributed by atoms with E-state index in [4.69, 9.17) is 9.88 Å². The van der Waals surface area contributed by atoms with Crippen molar-refractivity contribution in [3.8, 4) is 5.75 Å². The molecule has 0 atom stereocenters. The molecule has 0 saturated carbocycles. The van der Waals surface area contributed by atoms with Crippen LogP contribution in [0.2, 0.25) is 0 Å². The molecule has 3 N–H and O–H groups in total. The fraction of sp³-hybridized carbons (Fsp3) is 0.263. The van der Waals surface area contributed by atoms with E-state index in [2.05, 4.69) is 5.32 Å². The summed E-state index contributed by atoms with van der Waals surface area (Å²) in [5.41, 5.74) is 2.69. The molecule has 0 saturated heterocycles. The molecule has 0 aliphatic heterocycles. The average Bonchev–Trinajstić information content (AvgIpc) is 2.61. The number of rotatable bonds is 7. The molecule has 7 nitrogen and oxygen atoms in total. The van der Waals surface area contributed by atoms with Gasteiger partial charge in [0.15, 0.2) is 5.78 Å². The number of aryl methyl sites for hydroxylation is 2. The van der Waals surface area contributed by atoms with Crippen molar-refractivity contribution in [2.24, 2.45) is 5.14 Å². The number of anilines is 1. The standard InChI is InChI=1S/C19H22N2O5S/c1-12-4-5-13(2)15(10-12)16(22)7-9-19(23)21-14-6-8-17(26-3)18(11-14)27(20,24)25/h4-6,8,10-11H,7,9H2,1-3H3,(H,21,23)(H2,20,24,25). The number of methoxy groups -OCH3 is 1. The molecule has 0 fully saturated rings. The van der Waals surface area contributed by atoms with Gasteiger partial charge in [0.1, 0.15) is 10.6 Å². The monoisotopic (exact) mass is 390 g/mol. The topological polar surface area (TPSA) is 116 Å². The van der Waals surface area contributed by atoms with Gasteiger partial charge in [-0.15, -0.1) is 0 Å². The van der Waals surface area contributed by atoms with Crippen molar-refractivity contribution >= 4 is 27.4 Å². The Balaban J connectivity index is 2.06. The van der Waals surface area contributed by atoms with Crippen LogP contribution in [0.25, 0.3) is 0 Å². The fourth-order valence-electron chi connectivity index (χ4n) is 2.60. The summed E-state index contributed by atoms with van der Waals surface area (Å²) in [6, 6.07) is 9.71. The van der Waals surface area contributed by atoms with E-state index in [9.17, 15) is 18.0 Å². The lowest BCUT2D eigenvalue weighted by atomic mass is 9.99. The number of ketones is 1. The lowest BCUT2D eigenvalue weighted by Gasteiger charge is -2.10. The molecule has 0 bridgehead atoms. The number of benzene rings is 2. The normalized spacial score (nSPS) is 11.1. The molecule has 0 spiro atoms. The molecule has 144 valence electrons. The number of sulfonamides is 1. The van der Waals surface area contributed by atoms with Crippen molar-refractivity contribution in [2.75, 3.05) is 12.4 Å². The summed E-state index contributed by atoms with van der Waals surface area (Å²) in [6.45, 7) is 3.74. The van der Waals surface area contributed by atoms with Crippen LogP contribution < -0.4 is 15.2 Å². The number of ether oxygens (including phenoxy) is 1. The van der Waals surface area contributed by atoms with E-state index in [1.807, 2.05) is 26.0 Å². The number of primary sulfonamides is 1. The molecule has 1 amide bonds. The van der Waals surface area contributed by atoms with E-state index in [1.165, 1.54) is 25.3 Å². The Bertz CT molecular complexity index is 984. The highest BCUT2D eigenvalue weighted by Gasteiger charge is 2.17. The van der Waals surface area contributed by atoms with Gasteiger partial charge in [-0.1, -0.05) is 17.7 Å². The number of nitrogens with two attached hydrogens (primary N) is 1. The minimum atomic E-state index is -4.00. The number of nitrogens with one attached hydrogen (secondary N) is 1. The molecule has 2 aromatic carbocycles. The smallest absolute Gasteiger partial charge is 0.241 e. The summed E-state index contributed by atoms with van der Waals surface area (Å²) in [4.78, 5) is 24.3. The summed E-state index contributed by atoms with van der Waals surface area (Å²) < 4.78 is 28.2. The maximum Gasteiger partial charge on any atom is 0.241 e. The Morgan fingerprint density at radius 3 is 2.41 bits per heavy atom. The first-order valence-electron chi connectivity index (χ1n) is 8.23. The molecule has 2 rings (SSSR count). The van der Waals surface area contributed by atoms with E-state index in [1.54, 1.807) is 6.07 Å². The molecule has 0 heterocycles. The van der Waals surface area contributed by atoms with Gasteiger partial charge in [0.25, 0.3) is 0 Å². The second kappa shape index (κ2) is 8.32. The molecule has 2 aromatic rings. The highest BCUT2D eigenvalue weighted by molar-refractivity contribution is 7.89.